The summed E-state index contributed by atoms with van der Waals surface area (Å²) in [7, 11) is 0. The number of carbonyl (C=O) groups excluding carboxylic acids is 1. The Balaban J connectivity index is 2.82. The molecule has 1 heterocycles. The molecule has 1 rings (SSSR count). The number of aromatic amines is 1. The molecule has 0 bridgehead atoms. The zero-order valence-corrected chi connectivity index (χ0v) is 7.95. The summed E-state index contributed by atoms with van der Waals surface area (Å²) >= 11 is 0. The summed E-state index contributed by atoms with van der Waals surface area (Å²) in [6, 6.07) is 1.22. The fraction of sp³-hybridized carbons (Fsp3) is 0.444. The molecule has 0 amide bonds. The number of hydrogen-bond donors (Lipinski definition) is 1. The van der Waals surface area contributed by atoms with Crippen LogP contribution in [0.4, 0.5) is 0 Å². The third-order valence-corrected chi connectivity index (χ3v) is 1.77. The fourth-order valence-corrected chi connectivity index (χ4v) is 1.12. The maximum Gasteiger partial charge on any atom is 0.328 e. The summed E-state index contributed by atoms with van der Waals surface area (Å²) in [4.78, 5) is 35.1. The summed E-state index contributed by atoms with van der Waals surface area (Å²) in [5, 5.41) is 0. The van der Waals surface area contributed by atoms with Gasteiger partial charge in [0.25, 0.3) is 5.56 Å². The van der Waals surface area contributed by atoms with Crippen molar-refractivity contribution in [1.29, 1.82) is 0 Å². The topological polar surface area (TPSA) is 71.9 Å². The Morgan fingerprint density at radius 1 is 1.50 bits per heavy atom. The first-order chi connectivity index (χ1) is 6.63. The Hall–Kier alpha value is -1.65. The number of nitrogens with zero attached hydrogens (tertiary/aromatic N) is 1. The Kier molecular flexibility index (Phi) is 3.39. The van der Waals surface area contributed by atoms with Gasteiger partial charge in [0.2, 0.25) is 0 Å². The standard InChI is InChI=1S/C9H12N2O3/c1-2-3-7(12)6-11-5-4-8(13)10-9(11)14/h4-5H,2-3,6H2,1H3,(H,10,13,14). The Morgan fingerprint density at radius 3 is 2.79 bits per heavy atom. The highest BCUT2D eigenvalue weighted by Gasteiger charge is 2.03. The predicted octanol–water partition coefficient (Wildman–Crippen LogP) is -0.0942. The predicted molar refractivity (Wildman–Crippen MR) is 51.2 cm³/mol. The molecule has 0 aromatic carbocycles. The molecule has 5 heteroatoms. The molecule has 0 atom stereocenters. The average Bonchev–Trinajstić information content (AvgIpc) is 2.10. The number of ketones is 1. The lowest BCUT2D eigenvalue weighted by molar-refractivity contribution is -0.119. The van der Waals surface area contributed by atoms with E-state index in [2.05, 4.69) is 4.98 Å². The van der Waals surface area contributed by atoms with Crippen molar-refractivity contribution in [1.82, 2.24) is 9.55 Å². The van der Waals surface area contributed by atoms with E-state index in [0.29, 0.717) is 6.42 Å². The van der Waals surface area contributed by atoms with Crippen LogP contribution in [0, 0.1) is 0 Å². The van der Waals surface area contributed by atoms with Crippen molar-refractivity contribution < 1.29 is 4.79 Å². The monoisotopic (exact) mass is 196 g/mol. The van der Waals surface area contributed by atoms with E-state index in [-0.39, 0.29) is 12.3 Å². The van der Waals surface area contributed by atoms with E-state index in [1.165, 1.54) is 16.8 Å². The van der Waals surface area contributed by atoms with Crippen molar-refractivity contribution in [3.8, 4) is 0 Å². The van der Waals surface area contributed by atoms with E-state index in [1.54, 1.807) is 0 Å². The number of Topliss-reactive ketones (excluding diaryl/α,β-unsaturated/α-hetero) is 1. The van der Waals surface area contributed by atoms with Crippen molar-refractivity contribution in [2.24, 2.45) is 0 Å². The lowest BCUT2D eigenvalue weighted by Gasteiger charge is -2.01. The zero-order chi connectivity index (χ0) is 10.6. The largest absolute Gasteiger partial charge is 0.328 e. The van der Waals surface area contributed by atoms with Crippen LogP contribution in [0.3, 0.4) is 0 Å². The molecule has 1 N–H and O–H groups in total. The Bertz CT molecular complexity index is 430. The van der Waals surface area contributed by atoms with Gasteiger partial charge < -0.3 is 0 Å². The van der Waals surface area contributed by atoms with Gasteiger partial charge >= 0.3 is 5.69 Å². The van der Waals surface area contributed by atoms with Gasteiger partial charge in [-0.1, -0.05) is 6.92 Å². The maximum atomic E-state index is 11.2. The minimum Gasteiger partial charge on any atom is -0.298 e. The molecule has 0 spiro atoms. The smallest absolute Gasteiger partial charge is 0.298 e. The molecule has 76 valence electrons. The van der Waals surface area contributed by atoms with Crippen LogP contribution in [0.2, 0.25) is 0 Å². The quantitative estimate of drug-likeness (QED) is 0.731. The van der Waals surface area contributed by atoms with Gasteiger partial charge in [0.1, 0.15) is 0 Å². The van der Waals surface area contributed by atoms with E-state index in [4.69, 9.17) is 0 Å². The van der Waals surface area contributed by atoms with Crippen LogP contribution in [-0.4, -0.2) is 15.3 Å². The van der Waals surface area contributed by atoms with Crippen molar-refractivity contribution in [2.45, 2.75) is 26.3 Å². The SMILES string of the molecule is CCCC(=O)Cn1ccc(=O)[nH]c1=O. The normalized spacial score (nSPS) is 10.1. The van der Waals surface area contributed by atoms with Gasteiger partial charge in [-0.15, -0.1) is 0 Å². The number of aromatic nitrogens is 2. The van der Waals surface area contributed by atoms with Crippen LogP contribution in [0.1, 0.15) is 19.8 Å². The van der Waals surface area contributed by atoms with Crippen LogP contribution in [0.25, 0.3) is 0 Å². The van der Waals surface area contributed by atoms with Crippen LogP contribution in [0.15, 0.2) is 21.9 Å². The van der Waals surface area contributed by atoms with E-state index >= 15 is 0 Å². The van der Waals surface area contributed by atoms with Crippen molar-refractivity contribution in [3.05, 3.63) is 33.1 Å². The Labute approximate surface area is 80.4 Å². The van der Waals surface area contributed by atoms with Gasteiger partial charge in [-0.2, -0.15) is 0 Å². The number of carbonyl (C=O) groups is 1. The second-order valence-corrected chi connectivity index (χ2v) is 3.03. The van der Waals surface area contributed by atoms with E-state index in [1.807, 2.05) is 6.92 Å². The van der Waals surface area contributed by atoms with Gasteiger partial charge in [-0.25, -0.2) is 4.79 Å². The molecule has 5 nitrogen and oxygen atoms in total. The molecular weight excluding hydrogens is 184 g/mol. The summed E-state index contributed by atoms with van der Waals surface area (Å²) in [5.74, 6) is -0.0124. The lowest BCUT2D eigenvalue weighted by atomic mass is 10.2. The van der Waals surface area contributed by atoms with E-state index in [0.717, 1.165) is 6.42 Å². The highest BCUT2D eigenvalue weighted by molar-refractivity contribution is 5.78. The first-order valence-corrected chi connectivity index (χ1v) is 4.45. The van der Waals surface area contributed by atoms with Crippen LogP contribution < -0.4 is 11.2 Å². The first kappa shape index (κ1) is 10.4. The van der Waals surface area contributed by atoms with Crippen LogP contribution in [-0.2, 0) is 11.3 Å². The summed E-state index contributed by atoms with van der Waals surface area (Å²) < 4.78 is 1.19. The minimum absolute atomic E-state index is 0.0124. The molecule has 0 saturated heterocycles. The summed E-state index contributed by atoms with van der Waals surface area (Å²) in [6.07, 6.45) is 2.54. The lowest BCUT2D eigenvalue weighted by Crippen LogP contribution is -2.30. The van der Waals surface area contributed by atoms with Gasteiger partial charge in [-0.05, 0) is 6.42 Å². The fourth-order valence-electron chi connectivity index (χ4n) is 1.12. The van der Waals surface area contributed by atoms with Crippen molar-refractivity contribution in [3.63, 3.8) is 0 Å². The molecule has 1 aromatic heterocycles. The average molecular weight is 196 g/mol. The number of nitrogens with one attached hydrogen (secondary N) is 1. The van der Waals surface area contributed by atoms with Gasteiger partial charge in [-0.3, -0.25) is 19.1 Å². The van der Waals surface area contributed by atoms with Gasteiger partial charge in [0, 0.05) is 18.7 Å². The van der Waals surface area contributed by atoms with Crippen molar-refractivity contribution in [2.75, 3.05) is 0 Å². The molecule has 0 aliphatic rings. The summed E-state index contributed by atoms with van der Waals surface area (Å²) in [6.45, 7) is 1.93. The maximum absolute atomic E-state index is 11.2. The van der Waals surface area contributed by atoms with Gasteiger partial charge in [0.05, 0.1) is 6.54 Å². The number of H-pyrrole nitrogens is 1. The third kappa shape index (κ3) is 2.69. The van der Waals surface area contributed by atoms with Crippen LogP contribution in [0.5, 0.6) is 0 Å². The molecule has 0 aliphatic carbocycles. The highest BCUT2D eigenvalue weighted by Crippen LogP contribution is 1.90. The highest BCUT2D eigenvalue weighted by atomic mass is 16.2. The van der Waals surface area contributed by atoms with E-state index in [9.17, 15) is 14.4 Å². The zero-order valence-electron chi connectivity index (χ0n) is 7.95. The molecule has 0 aliphatic heterocycles. The van der Waals surface area contributed by atoms with Gasteiger partial charge in [0.15, 0.2) is 5.78 Å². The van der Waals surface area contributed by atoms with E-state index < -0.39 is 11.2 Å². The Morgan fingerprint density at radius 2 is 2.21 bits per heavy atom. The molecule has 14 heavy (non-hydrogen) atoms. The molecule has 0 saturated carbocycles. The molecule has 0 unspecified atom stereocenters. The number of rotatable bonds is 4. The molecule has 1 aromatic rings. The summed E-state index contributed by atoms with van der Waals surface area (Å²) in [5.41, 5.74) is -0.990. The third-order valence-electron chi connectivity index (χ3n) is 1.77. The minimum atomic E-state index is -0.540. The van der Waals surface area contributed by atoms with Crippen molar-refractivity contribution >= 4 is 5.78 Å². The number of hydrogen-bond acceptors (Lipinski definition) is 3. The van der Waals surface area contributed by atoms with Crippen LogP contribution >= 0.6 is 0 Å². The molecule has 0 fully saturated rings. The first-order valence-electron chi connectivity index (χ1n) is 4.45. The molecular formula is C9H12N2O3. The second kappa shape index (κ2) is 4.55. The molecule has 0 radical (unpaired) electrons. The second-order valence-electron chi connectivity index (χ2n) is 3.03.